The van der Waals surface area contributed by atoms with E-state index in [0.29, 0.717) is 12.1 Å². The molecule has 0 bridgehead atoms. The van der Waals surface area contributed by atoms with Crippen LogP contribution in [0.5, 0.6) is 0 Å². The number of nitrogens with zero attached hydrogens (tertiary/aromatic N) is 1. The minimum atomic E-state index is 0.133. The molecule has 6 heteroatoms. The van der Waals surface area contributed by atoms with Crippen molar-refractivity contribution in [3.8, 4) is 0 Å². The molecule has 0 heterocycles. The van der Waals surface area contributed by atoms with Crippen molar-refractivity contribution in [2.75, 3.05) is 7.05 Å². The number of rotatable bonds is 5. The van der Waals surface area contributed by atoms with Gasteiger partial charge in [-0.3, -0.25) is 9.79 Å². The zero-order chi connectivity index (χ0) is 18.5. The summed E-state index contributed by atoms with van der Waals surface area (Å²) in [6.07, 6.45) is 6.35. The minimum Gasteiger partial charge on any atom is -0.354 e. The lowest BCUT2D eigenvalue weighted by molar-refractivity contribution is -0.126. The highest BCUT2D eigenvalue weighted by Gasteiger charge is 2.31. The van der Waals surface area contributed by atoms with Gasteiger partial charge in [0.25, 0.3) is 0 Å². The summed E-state index contributed by atoms with van der Waals surface area (Å²) in [5, 5.41) is 10.1. The second-order valence-corrected chi connectivity index (χ2v) is 8.40. The molecule has 2 unspecified atom stereocenters. The monoisotopic (exact) mass is 420 g/mol. The van der Waals surface area contributed by atoms with E-state index in [4.69, 9.17) is 0 Å². The van der Waals surface area contributed by atoms with Crippen molar-refractivity contribution in [1.29, 1.82) is 0 Å². The van der Waals surface area contributed by atoms with Crippen LogP contribution in [0.4, 0.5) is 0 Å². The largest absolute Gasteiger partial charge is 0.354 e. The standard InChI is InChI=1S/C20H29BrN4O/c1-13-10-16(21)7-6-15(13)12-23-20(22-2)25-18-5-3-4-14(11-18)19(26)24-17-8-9-17/h6-7,10,14,17-18H,3-5,8-9,11-12H2,1-2H3,(H,24,26)(H2,22,23,25). The van der Waals surface area contributed by atoms with Crippen molar-refractivity contribution in [2.24, 2.45) is 10.9 Å². The highest BCUT2D eigenvalue weighted by atomic mass is 79.9. The van der Waals surface area contributed by atoms with E-state index in [1.807, 2.05) is 0 Å². The van der Waals surface area contributed by atoms with Gasteiger partial charge in [-0.25, -0.2) is 0 Å². The van der Waals surface area contributed by atoms with E-state index >= 15 is 0 Å². The molecule has 5 nitrogen and oxygen atoms in total. The predicted molar refractivity (Wildman–Crippen MR) is 109 cm³/mol. The molecular formula is C20H29BrN4O. The van der Waals surface area contributed by atoms with E-state index in [2.05, 4.69) is 62.0 Å². The zero-order valence-electron chi connectivity index (χ0n) is 15.6. The number of halogens is 1. The number of nitrogens with one attached hydrogen (secondary N) is 3. The molecule has 142 valence electrons. The van der Waals surface area contributed by atoms with Gasteiger partial charge in [0.05, 0.1) is 0 Å². The molecule has 0 saturated heterocycles. The molecule has 2 atom stereocenters. The summed E-state index contributed by atoms with van der Waals surface area (Å²) in [5.74, 6) is 1.18. The highest BCUT2D eigenvalue weighted by Crippen LogP contribution is 2.26. The third-order valence-corrected chi connectivity index (χ3v) is 5.78. The lowest BCUT2D eigenvalue weighted by Crippen LogP contribution is -2.47. The van der Waals surface area contributed by atoms with Gasteiger partial charge >= 0.3 is 0 Å². The molecule has 2 saturated carbocycles. The SMILES string of the molecule is CN=C(NCc1ccc(Br)cc1C)NC1CCCC(C(=O)NC2CC2)C1. The van der Waals surface area contributed by atoms with Crippen LogP contribution in [0, 0.1) is 12.8 Å². The summed E-state index contributed by atoms with van der Waals surface area (Å²) >= 11 is 3.50. The van der Waals surface area contributed by atoms with Crippen LogP contribution in [0.25, 0.3) is 0 Å². The summed E-state index contributed by atoms with van der Waals surface area (Å²) in [7, 11) is 1.80. The van der Waals surface area contributed by atoms with Crippen LogP contribution in [-0.2, 0) is 11.3 Å². The van der Waals surface area contributed by atoms with Crippen molar-refractivity contribution in [3.05, 3.63) is 33.8 Å². The van der Waals surface area contributed by atoms with Crippen LogP contribution in [-0.4, -0.2) is 31.0 Å². The number of carbonyl (C=O) groups excluding carboxylic acids is 1. The third kappa shape index (κ3) is 5.47. The quantitative estimate of drug-likeness (QED) is 0.505. The maximum atomic E-state index is 12.3. The lowest BCUT2D eigenvalue weighted by atomic mass is 9.85. The van der Waals surface area contributed by atoms with Crippen molar-refractivity contribution >= 4 is 27.8 Å². The molecule has 3 rings (SSSR count). The number of guanidine groups is 1. The van der Waals surface area contributed by atoms with E-state index in [1.165, 1.54) is 11.1 Å². The predicted octanol–water partition coefficient (Wildman–Crippen LogP) is 3.26. The topological polar surface area (TPSA) is 65.5 Å². The molecule has 1 aromatic rings. The fourth-order valence-corrected chi connectivity index (χ4v) is 4.01. The maximum Gasteiger partial charge on any atom is 0.223 e. The molecule has 0 spiro atoms. The average molecular weight is 421 g/mol. The van der Waals surface area contributed by atoms with Gasteiger partial charge in [0, 0.05) is 36.1 Å². The van der Waals surface area contributed by atoms with E-state index in [9.17, 15) is 4.79 Å². The summed E-state index contributed by atoms with van der Waals surface area (Å²) < 4.78 is 1.10. The molecule has 1 amide bonds. The Bertz CT molecular complexity index is 672. The Hall–Kier alpha value is -1.56. The first-order valence-electron chi connectivity index (χ1n) is 9.57. The Balaban J connectivity index is 1.49. The smallest absolute Gasteiger partial charge is 0.223 e. The van der Waals surface area contributed by atoms with Gasteiger partial charge in [0.2, 0.25) is 5.91 Å². The summed E-state index contributed by atoms with van der Waals surface area (Å²) in [5.41, 5.74) is 2.50. The number of aryl methyl sites for hydroxylation is 1. The fraction of sp³-hybridized carbons (Fsp3) is 0.600. The van der Waals surface area contributed by atoms with Crippen LogP contribution in [0.3, 0.4) is 0 Å². The van der Waals surface area contributed by atoms with Crippen molar-refractivity contribution in [2.45, 2.75) is 64.1 Å². The lowest BCUT2D eigenvalue weighted by Gasteiger charge is -2.30. The van der Waals surface area contributed by atoms with Crippen molar-refractivity contribution in [3.63, 3.8) is 0 Å². The number of hydrogen-bond donors (Lipinski definition) is 3. The van der Waals surface area contributed by atoms with Crippen LogP contribution >= 0.6 is 15.9 Å². The van der Waals surface area contributed by atoms with Crippen molar-refractivity contribution in [1.82, 2.24) is 16.0 Å². The van der Waals surface area contributed by atoms with E-state index < -0.39 is 0 Å². The number of hydrogen-bond acceptors (Lipinski definition) is 2. The van der Waals surface area contributed by atoms with Crippen LogP contribution in [0.1, 0.15) is 49.7 Å². The number of benzene rings is 1. The Morgan fingerprint density at radius 2 is 2.00 bits per heavy atom. The molecule has 2 fully saturated rings. The molecule has 2 aliphatic rings. The van der Waals surface area contributed by atoms with E-state index in [-0.39, 0.29) is 11.8 Å². The summed E-state index contributed by atoms with van der Waals surface area (Å²) in [6.45, 7) is 2.85. The first-order chi connectivity index (χ1) is 12.5. The Labute approximate surface area is 164 Å². The summed E-state index contributed by atoms with van der Waals surface area (Å²) in [6, 6.07) is 7.05. The van der Waals surface area contributed by atoms with Gasteiger partial charge in [-0.05, 0) is 62.3 Å². The molecule has 0 radical (unpaired) electrons. The Morgan fingerprint density at radius 1 is 1.19 bits per heavy atom. The van der Waals surface area contributed by atoms with Gasteiger partial charge in [-0.15, -0.1) is 0 Å². The molecule has 1 aromatic carbocycles. The Morgan fingerprint density at radius 3 is 2.69 bits per heavy atom. The van der Waals surface area contributed by atoms with Gasteiger partial charge < -0.3 is 16.0 Å². The normalized spacial score (nSPS) is 23.4. The first-order valence-corrected chi connectivity index (χ1v) is 10.4. The van der Waals surface area contributed by atoms with Crippen LogP contribution in [0.15, 0.2) is 27.7 Å². The average Bonchev–Trinajstić information content (AvgIpc) is 3.44. The second-order valence-electron chi connectivity index (χ2n) is 7.48. The summed E-state index contributed by atoms with van der Waals surface area (Å²) in [4.78, 5) is 16.7. The molecule has 0 aromatic heterocycles. The van der Waals surface area contributed by atoms with Gasteiger partial charge in [0.1, 0.15) is 0 Å². The highest BCUT2D eigenvalue weighted by molar-refractivity contribution is 9.10. The number of aliphatic imine (C=N–C) groups is 1. The van der Waals surface area contributed by atoms with Crippen LogP contribution < -0.4 is 16.0 Å². The fourth-order valence-electron chi connectivity index (χ4n) is 3.53. The molecule has 26 heavy (non-hydrogen) atoms. The van der Waals surface area contributed by atoms with E-state index in [0.717, 1.165) is 55.5 Å². The Kier molecular flexibility index (Phi) is 6.57. The molecule has 3 N–H and O–H groups in total. The van der Waals surface area contributed by atoms with Crippen molar-refractivity contribution < 1.29 is 4.79 Å². The molecule has 2 aliphatic carbocycles. The number of carbonyl (C=O) groups is 1. The van der Waals surface area contributed by atoms with Gasteiger partial charge in [0.15, 0.2) is 5.96 Å². The van der Waals surface area contributed by atoms with Gasteiger partial charge in [-0.1, -0.05) is 28.4 Å². The molecular weight excluding hydrogens is 392 g/mol. The second kappa shape index (κ2) is 8.89. The minimum absolute atomic E-state index is 0.133. The maximum absolute atomic E-state index is 12.3. The first kappa shape index (κ1) is 19.2. The third-order valence-electron chi connectivity index (χ3n) is 5.28. The zero-order valence-corrected chi connectivity index (χ0v) is 17.2. The van der Waals surface area contributed by atoms with Gasteiger partial charge in [-0.2, -0.15) is 0 Å². The number of amides is 1. The van der Waals surface area contributed by atoms with Crippen LogP contribution in [0.2, 0.25) is 0 Å². The van der Waals surface area contributed by atoms with E-state index in [1.54, 1.807) is 7.05 Å². The molecule has 0 aliphatic heterocycles.